The van der Waals surface area contributed by atoms with Gasteiger partial charge in [0.15, 0.2) is 0 Å². The summed E-state index contributed by atoms with van der Waals surface area (Å²) in [4.78, 5) is 28.9. The van der Waals surface area contributed by atoms with E-state index in [2.05, 4.69) is 5.32 Å². The average Bonchev–Trinajstić information content (AvgIpc) is 3.00. The number of anilines is 1. The number of nitrogens with one attached hydrogen (secondary N) is 1. The van der Waals surface area contributed by atoms with Gasteiger partial charge in [-0.2, -0.15) is 0 Å². The predicted molar refractivity (Wildman–Crippen MR) is 167 cm³/mol. The highest BCUT2D eigenvalue weighted by molar-refractivity contribution is 7.92. The van der Waals surface area contributed by atoms with Crippen LogP contribution in [0.2, 0.25) is 15.1 Å². The fourth-order valence-electron chi connectivity index (χ4n) is 4.42. The van der Waals surface area contributed by atoms with Gasteiger partial charge in [-0.3, -0.25) is 13.9 Å². The van der Waals surface area contributed by atoms with E-state index in [1.807, 2.05) is 30.3 Å². The number of hydrogen-bond acceptors (Lipinski definition) is 4. The van der Waals surface area contributed by atoms with Crippen molar-refractivity contribution in [2.45, 2.75) is 23.9 Å². The molecule has 7 nitrogen and oxygen atoms in total. The van der Waals surface area contributed by atoms with Crippen molar-refractivity contribution in [1.29, 1.82) is 0 Å². The highest BCUT2D eigenvalue weighted by Gasteiger charge is 2.34. The second-order valence-corrected chi connectivity index (χ2v) is 12.4. The summed E-state index contributed by atoms with van der Waals surface area (Å²) in [5.41, 5.74) is 1.56. The Hall–Kier alpha value is -3.56. The van der Waals surface area contributed by atoms with Crippen LogP contribution in [0, 0.1) is 0 Å². The van der Waals surface area contributed by atoms with Gasteiger partial charge >= 0.3 is 0 Å². The van der Waals surface area contributed by atoms with Gasteiger partial charge in [0.1, 0.15) is 12.6 Å². The summed E-state index contributed by atoms with van der Waals surface area (Å²) in [6.45, 7) is -0.661. The SMILES string of the molecule is CNC(=O)[C@@H](Cc1ccccc1)N(Cc1ccccc1Cl)C(=O)CN(c1ccc(Cl)c(Cl)c1)S(=O)(=O)c1ccccc1. The van der Waals surface area contributed by atoms with Crippen molar-refractivity contribution in [1.82, 2.24) is 10.2 Å². The maximum absolute atomic E-state index is 14.3. The number of hydrogen-bond donors (Lipinski definition) is 1. The van der Waals surface area contributed by atoms with E-state index in [-0.39, 0.29) is 33.6 Å². The van der Waals surface area contributed by atoms with Crippen LogP contribution < -0.4 is 9.62 Å². The predicted octanol–water partition coefficient (Wildman–Crippen LogP) is 6.23. The molecule has 218 valence electrons. The summed E-state index contributed by atoms with van der Waals surface area (Å²) in [6.07, 6.45) is 0.189. The Balaban J connectivity index is 1.81. The fraction of sp³-hybridized carbons (Fsp3) is 0.161. The molecule has 4 aromatic carbocycles. The van der Waals surface area contributed by atoms with Gasteiger partial charge in [-0.1, -0.05) is 102 Å². The topological polar surface area (TPSA) is 86.8 Å². The Bertz CT molecular complexity index is 1650. The van der Waals surface area contributed by atoms with Gasteiger partial charge in [0.2, 0.25) is 11.8 Å². The van der Waals surface area contributed by atoms with Crippen molar-refractivity contribution in [2.24, 2.45) is 0 Å². The largest absolute Gasteiger partial charge is 0.357 e. The van der Waals surface area contributed by atoms with E-state index in [0.717, 1.165) is 9.87 Å². The normalized spacial score (nSPS) is 11.9. The number of carbonyl (C=O) groups excluding carboxylic acids is 2. The summed E-state index contributed by atoms with van der Waals surface area (Å²) in [5.74, 6) is -1.03. The van der Waals surface area contributed by atoms with Crippen molar-refractivity contribution in [3.8, 4) is 0 Å². The molecule has 0 aromatic heterocycles. The number of amides is 2. The molecule has 0 aliphatic heterocycles. The number of halogens is 3. The van der Waals surface area contributed by atoms with Crippen LogP contribution in [0.1, 0.15) is 11.1 Å². The standard InChI is InChI=1S/C31H28Cl3N3O4S/c1-35-31(39)29(18-22-10-4-2-5-11-22)36(20-23-12-8-9-15-26(23)32)30(38)21-37(24-16-17-27(33)28(34)19-24)42(40,41)25-13-6-3-7-14-25/h2-17,19,29H,18,20-21H2,1H3,(H,35,39)/t29-/m1/s1. The summed E-state index contributed by atoms with van der Waals surface area (Å²) in [6, 6.07) is 27.3. The van der Waals surface area contributed by atoms with E-state index >= 15 is 0 Å². The Morgan fingerprint density at radius 2 is 1.40 bits per heavy atom. The molecule has 11 heteroatoms. The molecule has 0 saturated heterocycles. The summed E-state index contributed by atoms with van der Waals surface area (Å²) < 4.78 is 28.8. The monoisotopic (exact) mass is 643 g/mol. The first kappa shape index (κ1) is 31.4. The maximum Gasteiger partial charge on any atom is 0.264 e. The third-order valence-electron chi connectivity index (χ3n) is 6.62. The Morgan fingerprint density at radius 3 is 2.02 bits per heavy atom. The van der Waals surface area contributed by atoms with Crippen LogP contribution in [-0.4, -0.2) is 44.8 Å². The molecule has 0 bridgehead atoms. The lowest BCUT2D eigenvalue weighted by Crippen LogP contribution is -2.53. The smallest absolute Gasteiger partial charge is 0.264 e. The van der Waals surface area contributed by atoms with Gasteiger partial charge in [0, 0.05) is 25.0 Å². The van der Waals surface area contributed by atoms with Crippen LogP contribution in [0.4, 0.5) is 5.69 Å². The first-order valence-corrected chi connectivity index (χ1v) is 15.5. The second kappa shape index (κ2) is 14.1. The lowest BCUT2D eigenvalue weighted by molar-refractivity contribution is -0.139. The van der Waals surface area contributed by atoms with Gasteiger partial charge in [-0.05, 0) is 47.5 Å². The van der Waals surface area contributed by atoms with Crippen LogP contribution in [-0.2, 0) is 32.6 Å². The van der Waals surface area contributed by atoms with E-state index in [0.29, 0.717) is 10.6 Å². The zero-order valence-corrected chi connectivity index (χ0v) is 25.7. The van der Waals surface area contributed by atoms with Crippen molar-refractivity contribution >= 4 is 62.3 Å². The van der Waals surface area contributed by atoms with Gasteiger partial charge in [0.05, 0.1) is 20.6 Å². The quantitative estimate of drug-likeness (QED) is 0.210. The van der Waals surface area contributed by atoms with Gasteiger partial charge in [-0.15, -0.1) is 0 Å². The molecule has 4 aromatic rings. The van der Waals surface area contributed by atoms with Gasteiger partial charge < -0.3 is 10.2 Å². The van der Waals surface area contributed by atoms with Crippen molar-refractivity contribution in [3.05, 3.63) is 129 Å². The van der Waals surface area contributed by atoms with Crippen molar-refractivity contribution in [3.63, 3.8) is 0 Å². The molecule has 0 aliphatic rings. The Kier molecular flexibility index (Phi) is 10.5. The summed E-state index contributed by atoms with van der Waals surface area (Å²) in [5, 5.41) is 3.40. The minimum atomic E-state index is -4.25. The van der Waals surface area contributed by atoms with E-state index < -0.39 is 34.4 Å². The molecule has 0 radical (unpaired) electrons. The van der Waals surface area contributed by atoms with Crippen LogP contribution in [0.25, 0.3) is 0 Å². The third-order valence-corrected chi connectivity index (χ3v) is 9.51. The highest BCUT2D eigenvalue weighted by atomic mass is 35.5. The van der Waals surface area contributed by atoms with Crippen molar-refractivity contribution in [2.75, 3.05) is 17.9 Å². The minimum absolute atomic E-state index is 0.0198. The van der Waals surface area contributed by atoms with E-state index in [4.69, 9.17) is 34.8 Å². The third kappa shape index (κ3) is 7.44. The fourth-order valence-corrected chi connectivity index (χ4v) is 6.33. The molecule has 1 N–H and O–H groups in total. The van der Waals surface area contributed by atoms with Gasteiger partial charge in [0.25, 0.3) is 10.0 Å². The minimum Gasteiger partial charge on any atom is -0.357 e. The van der Waals surface area contributed by atoms with Gasteiger partial charge in [-0.25, -0.2) is 8.42 Å². The molecule has 0 saturated carbocycles. The van der Waals surface area contributed by atoms with Crippen LogP contribution >= 0.6 is 34.8 Å². The number of rotatable bonds is 11. The maximum atomic E-state index is 14.3. The molecule has 0 heterocycles. The number of likely N-dealkylation sites (N-methyl/N-ethyl adjacent to an activating group) is 1. The van der Waals surface area contributed by atoms with Crippen LogP contribution in [0.3, 0.4) is 0 Å². The summed E-state index contributed by atoms with van der Waals surface area (Å²) >= 11 is 18.8. The lowest BCUT2D eigenvalue weighted by Gasteiger charge is -2.33. The number of nitrogens with zero attached hydrogens (tertiary/aromatic N) is 2. The zero-order valence-electron chi connectivity index (χ0n) is 22.6. The lowest BCUT2D eigenvalue weighted by atomic mass is 10.0. The number of sulfonamides is 1. The molecule has 2 amide bonds. The summed E-state index contributed by atoms with van der Waals surface area (Å²) in [7, 11) is -2.76. The highest BCUT2D eigenvalue weighted by Crippen LogP contribution is 2.31. The molecular formula is C31H28Cl3N3O4S. The van der Waals surface area contributed by atoms with E-state index in [1.54, 1.807) is 42.5 Å². The molecule has 4 rings (SSSR count). The van der Waals surface area contributed by atoms with Crippen LogP contribution in [0.15, 0.2) is 108 Å². The number of carbonyl (C=O) groups is 2. The second-order valence-electron chi connectivity index (χ2n) is 9.36. The Labute approximate surface area is 260 Å². The molecule has 1 atom stereocenters. The first-order chi connectivity index (χ1) is 20.1. The zero-order chi connectivity index (χ0) is 30.3. The first-order valence-electron chi connectivity index (χ1n) is 12.9. The Morgan fingerprint density at radius 1 is 0.786 bits per heavy atom. The molecule has 42 heavy (non-hydrogen) atoms. The molecular weight excluding hydrogens is 617 g/mol. The average molecular weight is 645 g/mol. The van der Waals surface area contributed by atoms with Crippen LogP contribution in [0.5, 0.6) is 0 Å². The molecule has 0 fully saturated rings. The van der Waals surface area contributed by atoms with Crippen molar-refractivity contribution < 1.29 is 18.0 Å². The number of benzene rings is 4. The molecule has 0 aliphatic carbocycles. The molecule has 0 unspecified atom stereocenters. The van der Waals surface area contributed by atoms with E-state index in [1.165, 1.54) is 42.3 Å². The van der Waals surface area contributed by atoms with E-state index in [9.17, 15) is 18.0 Å². The molecule has 0 spiro atoms.